The Morgan fingerprint density at radius 3 is 2.53 bits per heavy atom. The number of hydrogen-bond donors (Lipinski definition) is 1. The van der Waals surface area contributed by atoms with Crippen LogP contribution in [0.25, 0.3) is 0 Å². The molecule has 94 valence electrons. The van der Waals surface area contributed by atoms with Gasteiger partial charge >= 0.3 is 0 Å². The predicted octanol–water partition coefficient (Wildman–Crippen LogP) is 3.09. The van der Waals surface area contributed by atoms with Crippen LogP contribution < -0.4 is 15.2 Å². The van der Waals surface area contributed by atoms with Gasteiger partial charge in [0, 0.05) is 17.2 Å². The molecule has 1 saturated carbocycles. The Hall–Kier alpha value is -0.930. The van der Waals surface area contributed by atoms with Crippen LogP contribution in [0.3, 0.4) is 0 Å². The fourth-order valence-corrected chi connectivity index (χ4v) is 2.42. The van der Waals surface area contributed by atoms with E-state index in [1.54, 1.807) is 7.11 Å². The summed E-state index contributed by atoms with van der Waals surface area (Å²) in [6, 6.07) is 3.71. The number of methoxy groups -OCH3 is 1. The highest BCUT2D eigenvalue weighted by Crippen LogP contribution is 2.45. The molecule has 2 rings (SSSR count). The third-order valence-electron chi connectivity index (χ3n) is 3.34. The van der Waals surface area contributed by atoms with E-state index in [1.807, 2.05) is 19.1 Å². The molecular weight excluding hydrogens is 238 g/mol. The van der Waals surface area contributed by atoms with Gasteiger partial charge in [0.05, 0.1) is 18.7 Å². The average Bonchev–Trinajstić information content (AvgIpc) is 2.28. The number of halogens is 1. The van der Waals surface area contributed by atoms with Crippen molar-refractivity contribution >= 4 is 11.6 Å². The summed E-state index contributed by atoms with van der Waals surface area (Å²) < 4.78 is 10.8. The number of hydrogen-bond acceptors (Lipinski definition) is 3. The lowest BCUT2D eigenvalue weighted by Crippen LogP contribution is -2.43. The van der Waals surface area contributed by atoms with E-state index in [4.69, 9.17) is 26.8 Å². The molecule has 0 aromatic heterocycles. The lowest BCUT2D eigenvalue weighted by Gasteiger charge is -2.39. The van der Waals surface area contributed by atoms with Gasteiger partial charge in [-0.3, -0.25) is 0 Å². The zero-order valence-electron chi connectivity index (χ0n) is 10.3. The van der Waals surface area contributed by atoms with Crippen molar-refractivity contribution in [3.63, 3.8) is 0 Å². The molecule has 2 N–H and O–H groups in total. The van der Waals surface area contributed by atoms with Crippen molar-refractivity contribution in [2.75, 3.05) is 13.7 Å². The molecule has 1 aliphatic rings. The first-order chi connectivity index (χ1) is 8.10. The zero-order chi connectivity index (χ0) is 12.5. The maximum atomic E-state index is 6.34. The second kappa shape index (κ2) is 4.75. The Morgan fingerprint density at radius 2 is 2.06 bits per heavy atom. The van der Waals surface area contributed by atoms with Crippen LogP contribution in [0.2, 0.25) is 5.02 Å². The zero-order valence-corrected chi connectivity index (χ0v) is 11.0. The second-order valence-electron chi connectivity index (χ2n) is 4.43. The van der Waals surface area contributed by atoms with E-state index in [2.05, 4.69) is 0 Å². The van der Waals surface area contributed by atoms with Crippen LogP contribution in [0.5, 0.6) is 11.5 Å². The van der Waals surface area contributed by atoms with E-state index in [-0.39, 0.29) is 5.54 Å². The van der Waals surface area contributed by atoms with E-state index in [9.17, 15) is 0 Å². The quantitative estimate of drug-likeness (QED) is 0.899. The molecule has 0 amide bonds. The first kappa shape index (κ1) is 12.5. The summed E-state index contributed by atoms with van der Waals surface area (Å²) in [4.78, 5) is 0. The molecule has 0 heterocycles. The smallest absolute Gasteiger partial charge is 0.141 e. The average molecular weight is 256 g/mol. The summed E-state index contributed by atoms with van der Waals surface area (Å²) in [6.45, 7) is 2.56. The van der Waals surface area contributed by atoms with Crippen molar-refractivity contribution in [3.05, 3.63) is 22.7 Å². The molecule has 3 nitrogen and oxygen atoms in total. The van der Waals surface area contributed by atoms with Gasteiger partial charge in [-0.05, 0) is 32.3 Å². The summed E-state index contributed by atoms with van der Waals surface area (Å²) in [5.41, 5.74) is 7.06. The van der Waals surface area contributed by atoms with Crippen LogP contribution in [0.15, 0.2) is 12.1 Å². The van der Waals surface area contributed by atoms with Gasteiger partial charge in [0.25, 0.3) is 0 Å². The summed E-state index contributed by atoms with van der Waals surface area (Å²) in [5, 5.41) is 0.586. The van der Waals surface area contributed by atoms with Crippen LogP contribution in [-0.2, 0) is 5.54 Å². The van der Waals surface area contributed by atoms with Crippen molar-refractivity contribution in [1.82, 2.24) is 0 Å². The molecule has 0 spiro atoms. The third-order valence-corrected chi connectivity index (χ3v) is 3.63. The molecule has 17 heavy (non-hydrogen) atoms. The summed E-state index contributed by atoms with van der Waals surface area (Å²) in [5.74, 6) is 1.41. The molecule has 0 unspecified atom stereocenters. The van der Waals surface area contributed by atoms with E-state index >= 15 is 0 Å². The molecule has 1 fully saturated rings. The fraction of sp³-hybridized carbons (Fsp3) is 0.538. The first-order valence-corrected chi connectivity index (χ1v) is 6.28. The van der Waals surface area contributed by atoms with Gasteiger partial charge in [-0.25, -0.2) is 0 Å². The Kier molecular flexibility index (Phi) is 3.50. The van der Waals surface area contributed by atoms with Crippen molar-refractivity contribution in [2.24, 2.45) is 5.73 Å². The number of rotatable bonds is 4. The highest BCUT2D eigenvalue weighted by atomic mass is 35.5. The molecule has 0 atom stereocenters. The lowest BCUT2D eigenvalue weighted by molar-refractivity contribution is 0.237. The Bertz CT molecular complexity index is 416. The number of ether oxygens (including phenoxy) is 2. The second-order valence-corrected chi connectivity index (χ2v) is 4.83. The van der Waals surface area contributed by atoms with E-state index in [0.717, 1.165) is 30.6 Å². The monoisotopic (exact) mass is 255 g/mol. The van der Waals surface area contributed by atoms with Gasteiger partial charge in [0.1, 0.15) is 11.5 Å². The Morgan fingerprint density at radius 1 is 1.35 bits per heavy atom. The van der Waals surface area contributed by atoms with E-state index in [1.165, 1.54) is 0 Å². The molecule has 1 aliphatic carbocycles. The largest absolute Gasteiger partial charge is 0.495 e. The molecule has 0 radical (unpaired) electrons. The van der Waals surface area contributed by atoms with Crippen molar-refractivity contribution < 1.29 is 9.47 Å². The molecule has 4 heteroatoms. The predicted molar refractivity (Wildman–Crippen MR) is 68.9 cm³/mol. The maximum Gasteiger partial charge on any atom is 0.141 e. The topological polar surface area (TPSA) is 44.5 Å². The highest BCUT2D eigenvalue weighted by molar-refractivity contribution is 6.32. The van der Waals surface area contributed by atoms with Crippen molar-refractivity contribution in [2.45, 2.75) is 31.7 Å². The minimum atomic E-state index is -0.277. The molecule has 0 bridgehead atoms. The van der Waals surface area contributed by atoms with Crippen LogP contribution in [0.4, 0.5) is 0 Å². The third kappa shape index (κ3) is 2.22. The molecule has 0 saturated heterocycles. The van der Waals surface area contributed by atoms with Crippen molar-refractivity contribution in [1.29, 1.82) is 0 Å². The molecule has 1 aromatic carbocycles. The standard InChI is InChI=1S/C13H18ClNO2/c1-3-17-11-8-12(16-2)10(14)7-9(11)13(15)5-4-6-13/h7-8H,3-6,15H2,1-2H3. The van der Waals surface area contributed by atoms with Gasteiger partial charge in [-0.1, -0.05) is 11.6 Å². The van der Waals surface area contributed by atoms with Crippen LogP contribution in [0.1, 0.15) is 31.7 Å². The summed E-state index contributed by atoms with van der Waals surface area (Å²) in [6.07, 6.45) is 3.12. The van der Waals surface area contributed by atoms with Crippen LogP contribution in [-0.4, -0.2) is 13.7 Å². The minimum absolute atomic E-state index is 0.277. The first-order valence-electron chi connectivity index (χ1n) is 5.90. The Labute approximate surface area is 107 Å². The molecule has 1 aromatic rings. The van der Waals surface area contributed by atoms with Crippen LogP contribution in [0, 0.1) is 0 Å². The lowest BCUT2D eigenvalue weighted by atomic mass is 9.72. The molecule has 0 aliphatic heterocycles. The fourth-order valence-electron chi connectivity index (χ4n) is 2.18. The van der Waals surface area contributed by atoms with Gasteiger partial charge in [-0.15, -0.1) is 0 Å². The van der Waals surface area contributed by atoms with E-state index < -0.39 is 0 Å². The van der Waals surface area contributed by atoms with Gasteiger partial charge < -0.3 is 15.2 Å². The minimum Gasteiger partial charge on any atom is -0.495 e. The number of benzene rings is 1. The number of nitrogens with two attached hydrogens (primary N) is 1. The summed E-state index contributed by atoms with van der Waals surface area (Å²) >= 11 is 6.15. The Balaban J connectivity index is 2.45. The van der Waals surface area contributed by atoms with Gasteiger partial charge in [-0.2, -0.15) is 0 Å². The van der Waals surface area contributed by atoms with Crippen molar-refractivity contribution in [3.8, 4) is 11.5 Å². The highest BCUT2D eigenvalue weighted by Gasteiger charge is 2.37. The van der Waals surface area contributed by atoms with E-state index in [0.29, 0.717) is 17.4 Å². The molecular formula is C13H18ClNO2. The normalized spacial score (nSPS) is 17.4. The summed E-state index contributed by atoms with van der Waals surface area (Å²) in [7, 11) is 1.60. The van der Waals surface area contributed by atoms with Crippen LogP contribution >= 0.6 is 11.6 Å². The SMILES string of the molecule is CCOc1cc(OC)c(Cl)cc1C1(N)CCC1. The van der Waals surface area contributed by atoms with Gasteiger partial charge in [0.15, 0.2) is 0 Å². The van der Waals surface area contributed by atoms with Gasteiger partial charge in [0.2, 0.25) is 0 Å². The maximum absolute atomic E-state index is 6.34.